The van der Waals surface area contributed by atoms with Gasteiger partial charge in [-0.25, -0.2) is 0 Å². The molecule has 0 saturated carbocycles. The van der Waals surface area contributed by atoms with E-state index in [9.17, 15) is 4.79 Å². The topological polar surface area (TPSA) is 69.8 Å². The molecule has 180 valence electrons. The van der Waals surface area contributed by atoms with E-state index in [2.05, 4.69) is 26.2 Å². The summed E-state index contributed by atoms with van der Waals surface area (Å²) in [6.07, 6.45) is 0. The summed E-state index contributed by atoms with van der Waals surface area (Å²) < 4.78 is 11.0. The Labute approximate surface area is 205 Å². The lowest BCUT2D eigenvalue weighted by molar-refractivity contribution is 0.0358. The van der Waals surface area contributed by atoms with Gasteiger partial charge in [0, 0.05) is 42.9 Å². The first-order chi connectivity index (χ1) is 16.5. The van der Waals surface area contributed by atoms with Crippen LogP contribution in [-0.2, 0) is 11.3 Å². The lowest BCUT2D eigenvalue weighted by Gasteiger charge is -2.31. The fourth-order valence-electron chi connectivity index (χ4n) is 4.03. The Balaban J connectivity index is 1.52. The predicted molar refractivity (Wildman–Crippen MR) is 141 cm³/mol. The number of aromatic nitrogens is 1. The predicted octanol–water partition coefficient (Wildman–Crippen LogP) is 3.77. The number of fused-ring (bicyclic) bond motifs is 1. The van der Waals surface area contributed by atoms with Crippen molar-refractivity contribution in [3.63, 3.8) is 0 Å². The molecule has 0 spiro atoms. The van der Waals surface area contributed by atoms with Crippen molar-refractivity contribution in [2.45, 2.75) is 20.4 Å². The second kappa shape index (κ2) is 11.5. The molecule has 2 aromatic carbocycles. The number of aromatic amines is 1. The molecule has 1 aliphatic heterocycles. The molecule has 3 aromatic rings. The van der Waals surface area contributed by atoms with Crippen LogP contribution < -0.4 is 15.6 Å². The summed E-state index contributed by atoms with van der Waals surface area (Å²) in [6, 6.07) is 15.8. The van der Waals surface area contributed by atoms with Gasteiger partial charge in [0.2, 0.25) is 0 Å². The summed E-state index contributed by atoms with van der Waals surface area (Å²) in [7, 11) is 0. The average molecular weight is 481 g/mol. The minimum Gasteiger partial charge on any atom is -0.494 e. The third kappa shape index (κ3) is 6.34. The molecule has 0 bridgehead atoms. The third-order valence-corrected chi connectivity index (χ3v) is 6.29. The van der Waals surface area contributed by atoms with Crippen LogP contribution in [0.2, 0.25) is 0 Å². The number of thiocarbonyl (C=S) groups is 1. The summed E-state index contributed by atoms with van der Waals surface area (Å²) in [5.74, 6) is 0.820. The molecule has 7 nitrogen and oxygen atoms in total. The highest BCUT2D eigenvalue weighted by Gasteiger charge is 2.17. The quantitative estimate of drug-likeness (QED) is 0.476. The molecule has 1 aliphatic rings. The van der Waals surface area contributed by atoms with E-state index in [0.29, 0.717) is 30.4 Å². The van der Waals surface area contributed by atoms with Crippen LogP contribution in [-0.4, -0.2) is 65.9 Å². The number of nitrogens with one attached hydrogen (secondary N) is 2. The van der Waals surface area contributed by atoms with Gasteiger partial charge >= 0.3 is 0 Å². The van der Waals surface area contributed by atoms with Crippen LogP contribution in [0, 0.1) is 6.92 Å². The van der Waals surface area contributed by atoms with Crippen LogP contribution in [0.15, 0.2) is 53.3 Å². The molecular weight excluding hydrogens is 448 g/mol. The van der Waals surface area contributed by atoms with Gasteiger partial charge in [0.05, 0.1) is 26.4 Å². The molecule has 0 amide bonds. The maximum Gasteiger partial charge on any atom is 0.253 e. The van der Waals surface area contributed by atoms with Crippen molar-refractivity contribution in [1.82, 2.24) is 14.8 Å². The molecule has 0 unspecified atom stereocenters. The van der Waals surface area contributed by atoms with Crippen molar-refractivity contribution < 1.29 is 9.47 Å². The van der Waals surface area contributed by atoms with Crippen LogP contribution in [0.4, 0.5) is 5.69 Å². The van der Waals surface area contributed by atoms with Crippen molar-refractivity contribution in [3.05, 3.63) is 70.0 Å². The molecule has 34 heavy (non-hydrogen) atoms. The Morgan fingerprint density at radius 1 is 1.18 bits per heavy atom. The summed E-state index contributed by atoms with van der Waals surface area (Å²) in [6.45, 7) is 9.89. The van der Waals surface area contributed by atoms with Crippen LogP contribution in [0.3, 0.4) is 0 Å². The van der Waals surface area contributed by atoms with Crippen molar-refractivity contribution >= 4 is 33.9 Å². The Morgan fingerprint density at radius 3 is 2.68 bits per heavy atom. The van der Waals surface area contributed by atoms with E-state index in [-0.39, 0.29) is 5.56 Å². The lowest BCUT2D eigenvalue weighted by atomic mass is 10.1. The fourth-order valence-corrected chi connectivity index (χ4v) is 4.30. The molecule has 1 saturated heterocycles. The average Bonchev–Trinajstić information content (AvgIpc) is 2.84. The molecule has 8 heteroatoms. The van der Waals surface area contributed by atoms with Gasteiger partial charge in [0.1, 0.15) is 5.75 Å². The van der Waals surface area contributed by atoms with E-state index in [0.717, 1.165) is 60.8 Å². The molecule has 1 fully saturated rings. The first-order valence-corrected chi connectivity index (χ1v) is 12.1. The zero-order chi connectivity index (χ0) is 23.9. The number of hydrogen-bond acceptors (Lipinski definition) is 5. The van der Waals surface area contributed by atoms with E-state index in [1.165, 1.54) is 0 Å². The standard InChI is InChI=1S/C26H32N4O3S/c1-3-33-23-8-6-22(7-9-23)27-26(34)30(11-10-29-12-14-32-15-13-29)18-21-17-20-5-4-19(2)16-24(20)28-25(21)31/h4-9,16-17H,3,10-15,18H2,1-2H3,(H,27,34)(H,28,31). The smallest absolute Gasteiger partial charge is 0.253 e. The van der Waals surface area contributed by atoms with Crippen molar-refractivity contribution in [2.24, 2.45) is 0 Å². The highest BCUT2D eigenvalue weighted by atomic mass is 32.1. The number of morpholine rings is 1. The number of pyridine rings is 1. The number of aryl methyl sites for hydroxylation is 1. The molecule has 0 aliphatic carbocycles. The van der Waals surface area contributed by atoms with E-state index in [4.69, 9.17) is 21.7 Å². The number of ether oxygens (including phenoxy) is 2. The van der Waals surface area contributed by atoms with Crippen molar-refractivity contribution in [3.8, 4) is 5.75 Å². The number of anilines is 1. The zero-order valence-electron chi connectivity index (χ0n) is 19.8. The summed E-state index contributed by atoms with van der Waals surface area (Å²) in [5, 5.41) is 4.93. The monoisotopic (exact) mass is 480 g/mol. The number of benzene rings is 2. The van der Waals surface area contributed by atoms with E-state index >= 15 is 0 Å². The second-order valence-corrected chi connectivity index (χ2v) is 8.86. The molecule has 2 N–H and O–H groups in total. The van der Waals surface area contributed by atoms with Gasteiger partial charge in [-0.1, -0.05) is 12.1 Å². The summed E-state index contributed by atoms with van der Waals surface area (Å²) in [5.41, 5.74) is 3.45. The summed E-state index contributed by atoms with van der Waals surface area (Å²) in [4.78, 5) is 20.3. The molecule has 1 aromatic heterocycles. The van der Waals surface area contributed by atoms with Gasteiger partial charge in [-0.3, -0.25) is 9.69 Å². The number of nitrogens with zero attached hydrogens (tertiary/aromatic N) is 2. The van der Waals surface area contributed by atoms with Crippen LogP contribution in [0.25, 0.3) is 10.9 Å². The minimum absolute atomic E-state index is 0.0849. The van der Waals surface area contributed by atoms with Gasteiger partial charge < -0.3 is 24.7 Å². The van der Waals surface area contributed by atoms with Crippen LogP contribution in [0.1, 0.15) is 18.1 Å². The maximum absolute atomic E-state index is 12.9. The highest BCUT2D eigenvalue weighted by Crippen LogP contribution is 2.18. The fraction of sp³-hybridized carbons (Fsp3) is 0.385. The number of rotatable bonds is 8. The SMILES string of the molecule is CCOc1ccc(NC(=S)N(CCN2CCOCC2)Cc2cc3ccc(C)cc3[nH]c2=O)cc1. The van der Waals surface area contributed by atoms with Crippen molar-refractivity contribution in [2.75, 3.05) is 51.3 Å². The Kier molecular flexibility index (Phi) is 8.16. The van der Waals surface area contributed by atoms with Gasteiger partial charge in [0.25, 0.3) is 5.56 Å². The maximum atomic E-state index is 12.9. The van der Waals surface area contributed by atoms with E-state index in [1.54, 1.807) is 0 Å². The minimum atomic E-state index is -0.0849. The third-order valence-electron chi connectivity index (χ3n) is 5.93. The second-order valence-electron chi connectivity index (χ2n) is 8.48. The molecule has 2 heterocycles. The van der Waals surface area contributed by atoms with Crippen LogP contribution in [0.5, 0.6) is 5.75 Å². The number of hydrogen-bond donors (Lipinski definition) is 2. The normalized spacial score (nSPS) is 14.2. The Bertz CT molecular complexity index is 1170. The molecule has 0 atom stereocenters. The van der Waals surface area contributed by atoms with E-state index in [1.807, 2.05) is 56.3 Å². The van der Waals surface area contributed by atoms with Crippen molar-refractivity contribution in [1.29, 1.82) is 0 Å². The number of H-pyrrole nitrogens is 1. The van der Waals surface area contributed by atoms with E-state index < -0.39 is 0 Å². The van der Waals surface area contributed by atoms with Gasteiger partial charge in [0.15, 0.2) is 5.11 Å². The Morgan fingerprint density at radius 2 is 1.94 bits per heavy atom. The Hall–Kier alpha value is -2.94. The largest absolute Gasteiger partial charge is 0.494 e. The molecular formula is C26H32N4O3S. The van der Waals surface area contributed by atoms with Gasteiger partial charge in [-0.05, 0) is 73.4 Å². The first kappa shape index (κ1) is 24.2. The molecule has 4 rings (SSSR count). The van der Waals surface area contributed by atoms with Crippen LogP contribution >= 0.6 is 12.2 Å². The lowest BCUT2D eigenvalue weighted by Crippen LogP contribution is -2.44. The first-order valence-electron chi connectivity index (χ1n) is 11.7. The van der Waals surface area contributed by atoms with Gasteiger partial charge in [-0.15, -0.1) is 0 Å². The highest BCUT2D eigenvalue weighted by molar-refractivity contribution is 7.80. The van der Waals surface area contributed by atoms with Gasteiger partial charge in [-0.2, -0.15) is 0 Å². The zero-order valence-corrected chi connectivity index (χ0v) is 20.6. The summed E-state index contributed by atoms with van der Waals surface area (Å²) >= 11 is 5.79. The molecule has 0 radical (unpaired) electrons.